The maximum Gasteiger partial charge on any atom is 0.137 e. The van der Waals surface area contributed by atoms with Crippen LogP contribution in [0.2, 0.25) is 0 Å². The normalized spacial score (nSPS) is 11.5. The highest BCUT2D eigenvalue weighted by atomic mass is 16.3. The Balaban J connectivity index is 1.03. The standard InChI is InChI=1S/C60H39NO/c1-3-15-40(16-4-1)49-37-31-41-17-7-8-20-48(41)58(49)43-27-32-45(33-28-43)61(47-36-38-53-52-23-13-14-26-56(52)62-57(53)39-47)46-34-29-44(30-35-46)60-55-25-12-10-22-51(55)50-21-9-11-24-54(50)59(60)42-18-5-2-6-19-42/h1-39H. The van der Waals surface area contributed by atoms with Gasteiger partial charge in [-0.05, 0) is 119 Å². The van der Waals surface area contributed by atoms with Gasteiger partial charge in [0.05, 0.1) is 0 Å². The van der Waals surface area contributed by atoms with Gasteiger partial charge in [0.2, 0.25) is 0 Å². The van der Waals surface area contributed by atoms with Crippen LogP contribution in [0, 0.1) is 0 Å². The van der Waals surface area contributed by atoms with Gasteiger partial charge in [-0.3, -0.25) is 0 Å². The molecule has 290 valence electrons. The van der Waals surface area contributed by atoms with Crippen molar-refractivity contribution in [1.29, 1.82) is 0 Å². The number of hydrogen-bond acceptors (Lipinski definition) is 2. The van der Waals surface area contributed by atoms with E-state index in [1.165, 1.54) is 76.8 Å². The maximum absolute atomic E-state index is 6.47. The first-order valence-electron chi connectivity index (χ1n) is 21.3. The first-order valence-corrected chi connectivity index (χ1v) is 21.3. The summed E-state index contributed by atoms with van der Waals surface area (Å²) in [5, 5.41) is 9.69. The highest BCUT2D eigenvalue weighted by Crippen LogP contribution is 2.46. The molecule has 62 heavy (non-hydrogen) atoms. The van der Waals surface area contributed by atoms with E-state index in [4.69, 9.17) is 4.42 Å². The van der Waals surface area contributed by atoms with Crippen LogP contribution in [-0.2, 0) is 0 Å². The van der Waals surface area contributed by atoms with Gasteiger partial charge in [0.1, 0.15) is 11.2 Å². The number of hydrogen-bond donors (Lipinski definition) is 0. The third kappa shape index (κ3) is 5.96. The zero-order valence-electron chi connectivity index (χ0n) is 33.9. The molecule has 0 unspecified atom stereocenters. The Morgan fingerprint density at radius 3 is 1.34 bits per heavy atom. The minimum Gasteiger partial charge on any atom is -0.456 e. The van der Waals surface area contributed by atoms with Crippen molar-refractivity contribution in [2.45, 2.75) is 0 Å². The fraction of sp³-hybridized carbons (Fsp3) is 0. The topological polar surface area (TPSA) is 16.4 Å². The molecule has 0 aliphatic rings. The Kier molecular flexibility index (Phi) is 8.53. The average Bonchev–Trinajstić information content (AvgIpc) is 3.72. The summed E-state index contributed by atoms with van der Waals surface area (Å²) in [6.45, 7) is 0. The molecule has 1 aromatic heterocycles. The van der Waals surface area contributed by atoms with Crippen molar-refractivity contribution in [2.24, 2.45) is 0 Å². The summed E-state index contributed by atoms with van der Waals surface area (Å²) in [5.41, 5.74) is 14.6. The predicted molar refractivity (Wildman–Crippen MR) is 263 cm³/mol. The van der Waals surface area contributed by atoms with E-state index in [1.807, 2.05) is 12.1 Å². The lowest BCUT2D eigenvalue weighted by atomic mass is 9.85. The van der Waals surface area contributed by atoms with E-state index in [-0.39, 0.29) is 0 Å². The first-order chi connectivity index (χ1) is 30.8. The van der Waals surface area contributed by atoms with Crippen LogP contribution in [0.1, 0.15) is 0 Å². The molecule has 0 N–H and O–H groups in total. The second-order valence-electron chi connectivity index (χ2n) is 16.0. The van der Waals surface area contributed by atoms with Crippen LogP contribution < -0.4 is 4.90 Å². The van der Waals surface area contributed by atoms with Crippen molar-refractivity contribution in [3.8, 4) is 44.5 Å². The van der Waals surface area contributed by atoms with Gasteiger partial charge in [0.25, 0.3) is 0 Å². The quantitative estimate of drug-likeness (QED) is 0.150. The number of anilines is 3. The molecule has 12 aromatic rings. The van der Waals surface area contributed by atoms with Crippen LogP contribution in [0.15, 0.2) is 241 Å². The van der Waals surface area contributed by atoms with Crippen molar-refractivity contribution < 1.29 is 4.42 Å². The number of rotatable bonds is 7. The van der Waals surface area contributed by atoms with Gasteiger partial charge in [-0.25, -0.2) is 0 Å². The predicted octanol–water partition coefficient (Wildman–Crippen LogP) is 17.2. The van der Waals surface area contributed by atoms with Crippen LogP contribution in [0.4, 0.5) is 17.1 Å². The summed E-state index contributed by atoms with van der Waals surface area (Å²) in [4.78, 5) is 2.35. The van der Waals surface area contributed by atoms with Crippen LogP contribution in [0.25, 0.3) is 98.8 Å². The maximum atomic E-state index is 6.47. The molecule has 0 atom stereocenters. The van der Waals surface area contributed by atoms with Gasteiger partial charge in [-0.1, -0.05) is 188 Å². The van der Waals surface area contributed by atoms with E-state index in [0.717, 1.165) is 39.0 Å². The molecule has 0 radical (unpaired) electrons. The molecule has 1 heterocycles. The summed E-state index contributed by atoms with van der Waals surface area (Å²) in [5.74, 6) is 0. The Bertz CT molecular complexity index is 3610. The number of para-hydroxylation sites is 1. The van der Waals surface area contributed by atoms with Crippen molar-refractivity contribution in [2.75, 3.05) is 4.90 Å². The number of benzene rings is 11. The summed E-state index contributed by atoms with van der Waals surface area (Å²) in [6, 6.07) is 85.4. The van der Waals surface area contributed by atoms with Gasteiger partial charge < -0.3 is 9.32 Å². The minimum absolute atomic E-state index is 0.861. The Hall–Kier alpha value is -8.20. The molecular formula is C60H39NO. The van der Waals surface area contributed by atoms with Crippen molar-refractivity contribution in [3.63, 3.8) is 0 Å². The number of fused-ring (bicyclic) bond motifs is 7. The number of furan rings is 1. The minimum atomic E-state index is 0.861. The van der Waals surface area contributed by atoms with Gasteiger partial charge in [-0.15, -0.1) is 0 Å². The molecule has 11 aromatic carbocycles. The van der Waals surface area contributed by atoms with E-state index >= 15 is 0 Å². The summed E-state index contributed by atoms with van der Waals surface area (Å²) in [7, 11) is 0. The lowest BCUT2D eigenvalue weighted by Gasteiger charge is -2.26. The van der Waals surface area contributed by atoms with E-state index in [0.29, 0.717) is 0 Å². The Labute approximate surface area is 360 Å². The van der Waals surface area contributed by atoms with Crippen molar-refractivity contribution >= 4 is 71.3 Å². The molecule has 2 nitrogen and oxygen atoms in total. The van der Waals surface area contributed by atoms with Crippen LogP contribution in [0.3, 0.4) is 0 Å². The number of nitrogens with zero attached hydrogens (tertiary/aromatic N) is 1. The van der Waals surface area contributed by atoms with Crippen LogP contribution >= 0.6 is 0 Å². The Morgan fingerprint density at radius 2 is 0.710 bits per heavy atom. The average molecular weight is 790 g/mol. The van der Waals surface area contributed by atoms with E-state index in [2.05, 4.69) is 229 Å². The monoisotopic (exact) mass is 789 g/mol. The molecular weight excluding hydrogens is 751 g/mol. The molecule has 0 bridgehead atoms. The molecule has 0 spiro atoms. The fourth-order valence-corrected chi connectivity index (χ4v) is 9.64. The molecule has 0 saturated carbocycles. The van der Waals surface area contributed by atoms with Gasteiger partial charge in [-0.2, -0.15) is 0 Å². The lowest BCUT2D eigenvalue weighted by Crippen LogP contribution is -2.09. The van der Waals surface area contributed by atoms with E-state index in [9.17, 15) is 0 Å². The largest absolute Gasteiger partial charge is 0.456 e. The second-order valence-corrected chi connectivity index (χ2v) is 16.0. The van der Waals surface area contributed by atoms with Gasteiger partial charge >= 0.3 is 0 Å². The summed E-state index contributed by atoms with van der Waals surface area (Å²) < 4.78 is 6.47. The van der Waals surface area contributed by atoms with Crippen LogP contribution in [-0.4, -0.2) is 0 Å². The highest BCUT2D eigenvalue weighted by Gasteiger charge is 2.20. The van der Waals surface area contributed by atoms with Crippen LogP contribution in [0.5, 0.6) is 0 Å². The third-order valence-corrected chi connectivity index (χ3v) is 12.5. The fourth-order valence-electron chi connectivity index (χ4n) is 9.64. The van der Waals surface area contributed by atoms with Gasteiger partial charge in [0.15, 0.2) is 0 Å². The SMILES string of the molecule is c1ccc(-c2ccc3ccccc3c2-c2ccc(N(c3ccc(-c4c(-c5ccccc5)c5ccccc5c5ccccc45)cc3)c3ccc4c(c3)oc3ccccc34)cc2)cc1. The van der Waals surface area contributed by atoms with Crippen molar-refractivity contribution in [3.05, 3.63) is 237 Å². The first kappa shape index (κ1) is 35.7. The molecule has 0 aliphatic heterocycles. The summed E-state index contributed by atoms with van der Waals surface area (Å²) >= 11 is 0. The smallest absolute Gasteiger partial charge is 0.137 e. The van der Waals surface area contributed by atoms with E-state index in [1.54, 1.807) is 0 Å². The van der Waals surface area contributed by atoms with E-state index < -0.39 is 0 Å². The highest BCUT2D eigenvalue weighted by molar-refractivity contribution is 6.21. The van der Waals surface area contributed by atoms with Gasteiger partial charge in [0, 0.05) is 33.9 Å². The van der Waals surface area contributed by atoms with Crippen molar-refractivity contribution in [1.82, 2.24) is 0 Å². The molecule has 0 fully saturated rings. The molecule has 0 amide bonds. The summed E-state index contributed by atoms with van der Waals surface area (Å²) in [6.07, 6.45) is 0. The Morgan fingerprint density at radius 1 is 0.258 bits per heavy atom. The molecule has 0 aliphatic carbocycles. The molecule has 0 saturated heterocycles. The second kappa shape index (κ2) is 14.8. The lowest BCUT2D eigenvalue weighted by molar-refractivity contribution is 0.669. The molecule has 2 heteroatoms. The zero-order chi connectivity index (χ0) is 41.0. The third-order valence-electron chi connectivity index (χ3n) is 12.5. The zero-order valence-corrected chi connectivity index (χ0v) is 33.9. The molecule has 12 rings (SSSR count).